The van der Waals surface area contributed by atoms with Crippen molar-refractivity contribution in [3.05, 3.63) is 63.7 Å². The van der Waals surface area contributed by atoms with E-state index in [2.05, 4.69) is 5.32 Å². The molecule has 0 spiro atoms. The molecule has 0 aliphatic heterocycles. The number of amides is 1. The number of benzene rings is 2. The van der Waals surface area contributed by atoms with Gasteiger partial charge < -0.3 is 15.2 Å². The van der Waals surface area contributed by atoms with Crippen LogP contribution in [0, 0.1) is 10.1 Å². The number of nitro benzene ring substituents is 1. The maximum Gasteiger partial charge on any atom is 0.336 e. The number of nitrogens with zero attached hydrogens (tertiary/aromatic N) is 1. The molecule has 0 aliphatic carbocycles. The molecule has 2 aromatic carbocycles. The van der Waals surface area contributed by atoms with Crippen LogP contribution in [-0.4, -0.2) is 29.0 Å². The van der Waals surface area contributed by atoms with Crippen molar-refractivity contribution in [3.8, 4) is 5.75 Å². The first kappa shape index (κ1) is 16.0. The van der Waals surface area contributed by atoms with Gasteiger partial charge in [0.15, 0.2) is 0 Å². The lowest BCUT2D eigenvalue weighted by Crippen LogP contribution is -2.17. The zero-order chi connectivity index (χ0) is 17.0. The number of hydrogen-bond acceptors (Lipinski definition) is 5. The van der Waals surface area contributed by atoms with Crippen molar-refractivity contribution in [2.45, 2.75) is 0 Å². The number of carbonyl (C=O) groups is 2. The molecule has 8 nitrogen and oxygen atoms in total. The summed E-state index contributed by atoms with van der Waals surface area (Å²) in [6, 6.07) is 9.45. The van der Waals surface area contributed by atoms with Gasteiger partial charge in [0.2, 0.25) is 0 Å². The van der Waals surface area contributed by atoms with Crippen LogP contribution in [0.3, 0.4) is 0 Å². The van der Waals surface area contributed by atoms with Gasteiger partial charge in [-0.2, -0.15) is 0 Å². The summed E-state index contributed by atoms with van der Waals surface area (Å²) in [6.45, 7) is 0. The van der Waals surface area contributed by atoms with Crippen molar-refractivity contribution in [1.82, 2.24) is 0 Å². The number of nitro groups is 1. The molecule has 2 N–H and O–H groups in total. The summed E-state index contributed by atoms with van der Waals surface area (Å²) in [6.07, 6.45) is 0. The first-order valence-corrected chi connectivity index (χ1v) is 6.40. The van der Waals surface area contributed by atoms with E-state index in [-0.39, 0.29) is 22.5 Å². The third-order valence-corrected chi connectivity index (χ3v) is 3.05. The minimum atomic E-state index is -1.27. The minimum absolute atomic E-state index is 0.0838. The summed E-state index contributed by atoms with van der Waals surface area (Å²) in [5, 5.41) is 22.5. The Labute approximate surface area is 130 Å². The van der Waals surface area contributed by atoms with Crippen LogP contribution in [0.15, 0.2) is 42.5 Å². The second-order valence-electron chi connectivity index (χ2n) is 4.45. The topological polar surface area (TPSA) is 119 Å². The van der Waals surface area contributed by atoms with E-state index in [0.717, 1.165) is 0 Å². The molecule has 0 heterocycles. The highest BCUT2D eigenvalue weighted by Crippen LogP contribution is 2.29. The third kappa shape index (κ3) is 3.43. The second-order valence-corrected chi connectivity index (χ2v) is 4.45. The maximum atomic E-state index is 12.3. The largest absolute Gasteiger partial charge is 0.497 e. The highest BCUT2D eigenvalue weighted by Gasteiger charge is 2.20. The molecule has 0 radical (unpaired) electrons. The summed E-state index contributed by atoms with van der Waals surface area (Å²) < 4.78 is 4.97. The van der Waals surface area contributed by atoms with Gasteiger partial charge in [0.25, 0.3) is 11.6 Å². The number of hydrogen-bond donors (Lipinski definition) is 2. The van der Waals surface area contributed by atoms with E-state index < -0.39 is 16.8 Å². The Hall–Kier alpha value is -3.42. The molecule has 0 bridgehead atoms. The fourth-order valence-electron chi connectivity index (χ4n) is 1.96. The Morgan fingerprint density at radius 2 is 1.83 bits per heavy atom. The number of carbonyl (C=O) groups excluding carboxylic acids is 1. The predicted octanol–water partition coefficient (Wildman–Crippen LogP) is 2.55. The molecule has 0 unspecified atom stereocenters. The first-order chi connectivity index (χ1) is 10.9. The average molecular weight is 316 g/mol. The lowest BCUT2D eigenvalue weighted by atomic mass is 10.1. The van der Waals surface area contributed by atoms with E-state index in [9.17, 15) is 19.7 Å². The molecule has 0 fully saturated rings. The SMILES string of the molecule is COc1ccc([N+](=O)[O-])c(NC(=O)c2ccccc2C(=O)O)c1. The molecular formula is C15H12N2O6. The van der Waals surface area contributed by atoms with E-state index >= 15 is 0 Å². The Morgan fingerprint density at radius 3 is 2.39 bits per heavy atom. The van der Waals surface area contributed by atoms with Gasteiger partial charge in [-0.3, -0.25) is 14.9 Å². The number of carboxylic acid groups (broad SMARTS) is 1. The van der Waals surface area contributed by atoms with Crippen LogP contribution in [0.2, 0.25) is 0 Å². The molecule has 2 rings (SSSR count). The predicted molar refractivity (Wildman–Crippen MR) is 81.0 cm³/mol. The van der Waals surface area contributed by atoms with Gasteiger partial charge in [-0.25, -0.2) is 4.79 Å². The molecule has 0 saturated heterocycles. The lowest BCUT2D eigenvalue weighted by Gasteiger charge is -2.09. The standard InChI is InChI=1S/C15H12N2O6/c1-23-9-6-7-13(17(21)22)12(8-9)16-14(18)10-4-2-3-5-11(10)15(19)20/h2-8H,1H3,(H,16,18)(H,19,20). The van der Waals surface area contributed by atoms with E-state index in [4.69, 9.17) is 9.84 Å². The third-order valence-electron chi connectivity index (χ3n) is 3.05. The van der Waals surface area contributed by atoms with Crippen molar-refractivity contribution in [1.29, 1.82) is 0 Å². The maximum absolute atomic E-state index is 12.3. The van der Waals surface area contributed by atoms with Gasteiger partial charge in [0.05, 0.1) is 23.2 Å². The van der Waals surface area contributed by atoms with E-state index in [1.165, 1.54) is 49.6 Å². The Kier molecular flexibility index (Phi) is 4.55. The molecule has 23 heavy (non-hydrogen) atoms. The molecule has 118 valence electrons. The number of ether oxygens (including phenoxy) is 1. The second kappa shape index (κ2) is 6.56. The van der Waals surface area contributed by atoms with Gasteiger partial charge in [-0.05, 0) is 18.2 Å². The van der Waals surface area contributed by atoms with Crippen LogP contribution in [0.4, 0.5) is 11.4 Å². The van der Waals surface area contributed by atoms with E-state index in [1.807, 2.05) is 0 Å². The van der Waals surface area contributed by atoms with Crippen LogP contribution in [0.5, 0.6) is 5.75 Å². The summed E-state index contributed by atoms with van der Waals surface area (Å²) in [5.74, 6) is -1.72. The highest BCUT2D eigenvalue weighted by atomic mass is 16.6. The van der Waals surface area contributed by atoms with Crippen molar-refractivity contribution in [2.24, 2.45) is 0 Å². The van der Waals surface area contributed by atoms with Gasteiger partial charge in [0.1, 0.15) is 11.4 Å². The minimum Gasteiger partial charge on any atom is -0.497 e. The summed E-state index contributed by atoms with van der Waals surface area (Å²) in [7, 11) is 1.38. The Balaban J connectivity index is 2.41. The van der Waals surface area contributed by atoms with Gasteiger partial charge in [-0.15, -0.1) is 0 Å². The van der Waals surface area contributed by atoms with E-state index in [0.29, 0.717) is 5.75 Å². The first-order valence-electron chi connectivity index (χ1n) is 6.40. The molecular weight excluding hydrogens is 304 g/mol. The quantitative estimate of drug-likeness (QED) is 0.646. The summed E-state index contributed by atoms with van der Waals surface area (Å²) >= 11 is 0. The Morgan fingerprint density at radius 1 is 1.17 bits per heavy atom. The summed E-state index contributed by atoms with van der Waals surface area (Å²) in [5.41, 5.74) is -0.709. The van der Waals surface area contributed by atoms with Crippen molar-refractivity contribution < 1.29 is 24.4 Å². The van der Waals surface area contributed by atoms with Gasteiger partial charge in [-0.1, -0.05) is 12.1 Å². The monoisotopic (exact) mass is 316 g/mol. The molecule has 0 saturated carbocycles. The lowest BCUT2D eigenvalue weighted by molar-refractivity contribution is -0.383. The van der Waals surface area contributed by atoms with Gasteiger partial charge >= 0.3 is 5.97 Å². The van der Waals surface area contributed by atoms with Gasteiger partial charge in [0, 0.05) is 12.1 Å². The zero-order valence-corrected chi connectivity index (χ0v) is 12.0. The van der Waals surface area contributed by atoms with Crippen LogP contribution >= 0.6 is 0 Å². The Bertz CT molecular complexity index is 787. The van der Waals surface area contributed by atoms with Crippen molar-refractivity contribution in [3.63, 3.8) is 0 Å². The normalized spacial score (nSPS) is 9.96. The number of carboxylic acids is 1. The fraction of sp³-hybridized carbons (Fsp3) is 0.0667. The van der Waals surface area contributed by atoms with Crippen molar-refractivity contribution in [2.75, 3.05) is 12.4 Å². The van der Waals surface area contributed by atoms with Crippen LogP contribution in [0.25, 0.3) is 0 Å². The van der Waals surface area contributed by atoms with Crippen molar-refractivity contribution >= 4 is 23.3 Å². The number of nitrogens with one attached hydrogen (secondary N) is 1. The fourth-order valence-corrected chi connectivity index (χ4v) is 1.96. The molecule has 0 atom stereocenters. The smallest absolute Gasteiger partial charge is 0.336 e. The number of rotatable bonds is 5. The highest BCUT2D eigenvalue weighted by molar-refractivity contribution is 6.11. The molecule has 0 aliphatic rings. The summed E-state index contributed by atoms with van der Waals surface area (Å²) in [4.78, 5) is 33.8. The average Bonchev–Trinajstić information content (AvgIpc) is 2.54. The molecule has 2 aromatic rings. The van der Waals surface area contributed by atoms with Crippen LogP contribution in [-0.2, 0) is 0 Å². The number of anilines is 1. The van der Waals surface area contributed by atoms with Crippen LogP contribution < -0.4 is 10.1 Å². The molecule has 8 heteroatoms. The molecule has 1 amide bonds. The van der Waals surface area contributed by atoms with E-state index in [1.54, 1.807) is 0 Å². The van der Waals surface area contributed by atoms with Crippen LogP contribution in [0.1, 0.15) is 20.7 Å². The number of aromatic carboxylic acids is 1. The molecule has 0 aromatic heterocycles. The zero-order valence-electron chi connectivity index (χ0n) is 12.0. The number of methoxy groups -OCH3 is 1.